The lowest BCUT2D eigenvalue weighted by atomic mass is 10.2. The van der Waals surface area contributed by atoms with Crippen molar-refractivity contribution in [2.45, 2.75) is 26.2 Å². The van der Waals surface area contributed by atoms with Crippen LogP contribution in [-0.2, 0) is 4.79 Å². The highest BCUT2D eigenvalue weighted by Crippen LogP contribution is 2.21. The lowest BCUT2D eigenvalue weighted by Gasteiger charge is -1.97. The first-order valence-electron chi connectivity index (χ1n) is 4.38. The number of hydrogen-bond acceptors (Lipinski definition) is 5. The molecule has 2 N–H and O–H groups in total. The second-order valence-corrected chi connectivity index (χ2v) is 4.18. The summed E-state index contributed by atoms with van der Waals surface area (Å²) in [6.07, 6.45) is 0.0938. The van der Waals surface area contributed by atoms with Gasteiger partial charge in [-0.3, -0.25) is 4.79 Å². The zero-order valence-corrected chi connectivity index (χ0v) is 8.97. The summed E-state index contributed by atoms with van der Waals surface area (Å²) < 4.78 is 0. The van der Waals surface area contributed by atoms with Crippen LogP contribution < -0.4 is 5.32 Å². The summed E-state index contributed by atoms with van der Waals surface area (Å²) in [4.78, 5) is 10.2. The predicted molar refractivity (Wildman–Crippen MR) is 54.7 cm³/mol. The van der Waals surface area contributed by atoms with Gasteiger partial charge in [0.25, 0.3) is 0 Å². The zero-order chi connectivity index (χ0) is 10.6. The van der Waals surface area contributed by atoms with E-state index >= 15 is 0 Å². The van der Waals surface area contributed by atoms with Gasteiger partial charge in [0.15, 0.2) is 0 Å². The number of aromatic nitrogens is 2. The van der Waals surface area contributed by atoms with E-state index in [2.05, 4.69) is 15.5 Å². The van der Waals surface area contributed by atoms with E-state index in [9.17, 15) is 4.79 Å². The van der Waals surface area contributed by atoms with Crippen molar-refractivity contribution in [2.75, 3.05) is 11.9 Å². The molecule has 0 aliphatic rings. The first-order valence-corrected chi connectivity index (χ1v) is 5.20. The van der Waals surface area contributed by atoms with Crippen LogP contribution in [0.5, 0.6) is 0 Å². The van der Waals surface area contributed by atoms with Crippen LogP contribution >= 0.6 is 11.3 Å². The molecule has 0 radical (unpaired) electrons. The molecular weight excluding hydrogens is 202 g/mol. The number of carboxylic acids is 1. The maximum Gasteiger partial charge on any atom is 0.305 e. The van der Waals surface area contributed by atoms with Crippen molar-refractivity contribution in [3.05, 3.63) is 5.01 Å². The van der Waals surface area contributed by atoms with Crippen molar-refractivity contribution >= 4 is 22.4 Å². The second-order valence-electron chi connectivity index (χ2n) is 3.17. The molecule has 1 aromatic rings. The van der Waals surface area contributed by atoms with Gasteiger partial charge in [0, 0.05) is 12.5 Å². The molecule has 6 heteroatoms. The fourth-order valence-electron chi connectivity index (χ4n) is 0.816. The smallest absolute Gasteiger partial charge is 0.305 e. The Kier molecular flexibility index (Phi) is 3.82. The minimum Gasteiger partial charge on any atom is -0.481 e. The summed E-state index contributed by atoms with van der Waals surface area (Å²) in [5, 5.41) is 20.8. The summed E-state index contributed by atoms with van der Waals surface area (Å²) in [6, 6.07) is 0. The summed E-state index contributed by atoms with van der Waals surface area (Å²) in [5.41, 5.74) is 0. The maximum absolute atomic E-state index is 10.2. The monoisotopic (exact) mass is 215 g/mol. The highest BCUT2D eigenvalue weighted by atomic mass is 32.1. The Morgan fingerprint density at radius 3 is 2.79 bits per heavy atom. The molecule has 14 heavy (non-hydrogen) atoms. The largest absolute Gasteiger partial charge is 0.481 e. The minimum atomic E-state index is -0.814. The highest BCUT2D eigenvalue weighted by Gasteiger charge is 2.07. The van der Waals surface area contributed by atoms with Crippen molar-refractivity contribution < 1.29 is 9.90 Å². The minimum absolute atomic E-state index is 0.0938. The van der Waals surface area contributed by atoms with Gasteiger partial charge in [0.1, 0.15) is 5.01 Å². The Balaban J connectivity index is 2.40. The topological polar surface area (TPSA) is 75.1 Å². The third-order valence-corrected chi connectivity index (χ3v) is 2.73. The number of rotatable bonds is 5. The predicted octanol–water partition coefficient (Wildman–Crippen LogP) is 1.55. The first kappa shape index (κ1) is 10.9. The Hall–Kier alpha value is -1.17. The SMILES string of the molecule is CC(C)c1nnc(NCCC(=O)O)s1. The lowest BCUT2D eigenvalue weighted by Crippen LogP contribution is -2.07. The molecule has 0 aromatic carbocycles. The summed E-state index contributed by atoms with van der Waals surface area (Å²) >= 11 is 1.47. The molecule has 0 unspecified atom stereocenters. The van der Waals surface area contributed by atoms with E-state index in [1.165, 1.54) is 11.3 Å². The average Bonchev–Trinajstić information content (AvgIpc) is 2.52. The Morgan fingerprint density at radius 2 is 2.29 bits per heavy atom. The van der Waals surface area contributed by atoms with Crippen LogP contribution in [0.2, 0.25) is 0 Å². The van der Waals surface area contributed by atoms with Crippen LogP contribution in [0, 0.1) is 0 Å². The van der Waals surface area contributed by atoms with Crippen molar-refractivity contribution in [3.63, 3.8) is 0 Å². The number of carbonyl (C=O) groups is 1. The number of hydrogen-bond donors (Lipinski definition) is 2. The molecule has 1 heterocycles. The average molecular weight is 215 g/mol. The van der Waals surface area contributed by atoms with Crippen molar-refractivity contribution in [1.82, 2.24) is 10.2 Å². The van der Waals surface area contributed by atoms with E-state index in [0.29, 0.717) is 17.6 Å². The van der Waals surface area contributed by atoms with E-state index < -0.39 is 5.97 Å². The molecule has 1 aromatic heterocycles. The van der Waals surface area contributed by atoms with Gasteiger partial charge in [-0.15, -0.1) is 10.2 Å². The molecule has 0 atom stereocenters. The van der Waals surface area contributed by atoms with Crippen LogP contribution in [0.4, 0.5) is 5.13 Å². The van der Waals surface area contributed by atoms with E-state index in [-0.39, 0.29) is 6.42 Å². The molecule has 1 rings (SSSR count). The molecule has 78 valence electrons. The Bertz CT molecular complexity index is 311. The van der Waals surface area contributed by atoms with Gasteiger partial charge >= 0.3 is 5.97 Å². The number of nitrogens with zero attached hydrogens (tertiary/aromatic N) is 2. The van der Waals surface area contributed by atoms with Crippen LogP contribution in [0.15, 0.2) is 0 Å². The number of anilines is 1. The normalized spacial score (nSPS) is 10.5. The van der Waals surface area contributed by atoms with Crippen LogP contribution in [0.3, 0.4) is 0 Å². The van der Waals surface area contributed by atoms with E-state index in [1.54, 1.807) is 0 Å². The maximum atomic E-state index is 10.2. The number of aliphatic carboxylic acids is 1. The van der Waals surface area contributed by atoms with Crippen LogP contribution in [-0.4, -0.2) is 27.8 Å². The summed E-state index contributed by atoms with van der Waals surface area (Å²) in [6.45, 7) is 4.48. The molecule has 0 saturated carbocycles. The molecule has 0 amide bonds. The molecule has 0 aliphatic heterocycles. The van der Waals surface area contributed by atoms with Crippen molar-refractivity contribution in [1.29, 1.82) is 0 Å². The standard InChI is InChI=1S/C8H13N3O2S/c1-5(2)7-10-11-8(14-7)9-4-3-6(12)13/h5H,3-4H2,1-2H3,(H,9,11)(H,12,13). The zero-order valence-electron chi connectivity index (χ0n) is 8.15. The van der Waals surface area contributed by atoms with Crippen LogP contribution in [0.25, 0.3) is 0 Å². The summed E-state index contributed by atoms with van der Waals surface area (Å²) in [5.74, 6) is -0.450. The third kappa shape index (κ3) is 3.29. The van der Waals surface area contributed by atoms with Crippen molar-refractivity contribution in [2.24, 2.45) is 0 Å². The van der Waals surface area contributed by atoms with Gasteiger partial charge in [-0.2, -0.15) is 0 Å². The molecule has 0 saturated heterocycles. The molecule has 0 bridgehead atoms. The number of nitrogens with one attached hydrogen (secondary N) is 1. The second kappa shape index (κ2) is 4.90. The fraction of sp³-hybridized carbons (Fsp3) is 0.625. The van der Waals surface area contributed by atoms with Gasteiger partial charge in [-0.1, -0.05) is 25.2 Å². The molecule has 0 spiro atoms. The molecule has 0 aliphatic carbocycles. The summed E-state index contributed by atoms with van der Waals surface area (Å²) in [7, 11) is 0. The quantitative estimate of drug-likeness (QED) is 0.779. The van der Waals surface area contributed by atoms with Crippen molar-refractivity contribution in [3.8, 4) is 0 Å². The first-order chi connectivity index (χ1) is 6.59. The lowest BCUT2D eigenvalue weighted by molar-refractivity contribution is -0.136. The van der Waals surface area contributed by atoms with Gasteiger partial charge in [0.2, 0.25) is 5.13 Å². The number of carboxylic acid groups (broad SMARTS) is 1. The fourth-order valence-corrected chi connectivity index (χ4v) is 1.59. The van der Waals surface area contributed by atoms with Crippen LogP contribution in [0.1, 0.15) is 31.2 Å². The van der Waals surface area contributed by atoms with Gasteiger partial charge < -0.3 is 10.4 Å². The van der Waals surface area contributed by atoms with E-state index in [4.69, 9.17) is 5.11 Å². The van der Waals surface area contributed by atoms with Gasteiger partial charge in [-0.05, 0) is 0 Å². The molecular formula is C8H13N3O2S. The molecule has 0 fully saturated rings. The van der Waals surface area contributed by atoms with Gasteiger partial charge in [0.05, 0.1) is 6.42 Å². The van der Waals surface area contributed by atoms with E-state index in [1.807, 2.05) is 13.8 Å². The highest BCUT2D eigenvalue weighted by molar-refractivity contribution is 7.15. The Labute approximate surface area is 86.2 Å². The molecule has 5 nitrogen and oxygen atoms in total. The van der Waals surface area contributed by atoms with E-state index in [0.717, 1.165) is 5.01 Å². The van der Waals surface area contributed by atoms with Gasteiger partial charge in [-0.25, -0.2) is 0 Å². The Morgan fingerprint density at radius 1 is 1.57 bits per heavy atom. The third-order valence-electron chi connectivity index (χ3n) is 1.55.